The summed E-state index contributed by atoms with van der Waals surface area (Å²) < 4.78 is 0. The van der Waals surface area contributed by atoms with E-state index in [0.29, 0.717) is 6.04 Å². The fourth-order valence-corrected chi connectivity index (χ4v) is 4.12. The van der Waals surface area contributed by atoms with E-state index >= 15 is 0 Å². The van der Waals surface area contributed by atoms with Crippen LogP contribution in [-0.2, 0) is 0 Å². The maximum atomic E-state index is 11.5. The molecule has 4 rings (SSSR count). The van der Waals surface area contributed by atoms with Crippen molar-refractivity contribution in [1.29, 1.82) is 0 Å². The molecule has 0 saturated heterocycles. The van der Waals surface area contributed by atoms with Gasteiger partial charge in [0.15, 0.2) is 0 Å². The predicted molar refractivity (Wildman–Crippen MR) is 60.7 cm³/mol. The molecule has 0 spiro atoms. The Kier molecular flexibility index (Phi) is 1.66. The van der Waals surface area contributed by atoms with Crippen molar-refractivity contribution >= 4 is 5.82 Å². The Balaban J connectivity index is 1.56. The van der Waals surface area contributed by atoms with Crippen LogP contribution in [0.1, 0.15) is 19.3 Å². The van der Waals surface area contributed by atoms with Gasteiger partial charge in [0.2, 0.25) is 5.82 Å². The van der Waals surface area contributed by atoms with E-state index in [9.17, 15) is 9.59 Å². The Hall–Kier alpha value is -1.59. The minimum atomic E-state index is -0.559. The molecule has 3 saturated carbocycles. The molecule has 6 heteroatoms. The molecule has 4 unspecified atom stereocenters. The molecule has 6 nitrogen and oxygen atoms in total. The van der Waals surface area contributed by atoms with E-state index in [2.05, 4.69) is 20.5 Å². The Bertz CT molecular complexity index is 561. The summed E-state index contributed by atoms with van der Waals surface area (Å²) in [4.78, 5) is 24.5. The first-order chi connectivity index (χ1) is 8.24. The van der Waals surface area contributed by atoms with Gasteiger partial charge in [-0.1, -0.05) is 0 Å². The molecule has 2 bridgehead atoms. The van der Waals surface area contributed by atoms with Gasteiger partial charge >= 0.3 is 5.69 Å². The van der Waals surface area contributed by atoms with Gasteiger partial charge in [-0.05, 0) is 42.9 Å². The molecule has 3 aliphatic rings. The number of aromatic amines is 2. The van der Waals surface area contributed by atoms with Crippen molar-refractivity contribution in [2.45, 2.75) is 25.3 Å². The van der Waals surface area contributed by atoms with Crippen LogP contribution in [0.25, 0.3) is 0 Å². The minimum Gasteiger partial charge on any atom is -0.361 e. The van der Waals surface area contributed by atoms with Crippen molar-refractivity contribution < 1.29 is 0 Å². The normalized spacial score (nSPS) is 41.3. The molecule has 1 heterocycles. The number of aromatic nitrogens is 3. The van der Waals surface area contributed by atoms with Gasteiger partial charge in [-0.3, -0.25) is 9.78 Å². The van der Waals surface area contributed by atoms with Gasteiger partial charge in [-0.2, -0.15) is 0 Å². The number of anilines is 1. The van der Waals surface area contributed by atoms with Crippen LogP contribution < -0.4 is 16.6 Å². The summed E-state index contributed by atoms with van der Waals surface area (Å²) in [5.41, 5.74) is -0.984. The van der Waals surface area contributed by atoms with Gasteiger partial charge in [0.25, 0.3) is 5.56 Å². The maximum absolute atomic E-state index is 11.5. The lowest BCUT2D eigenvalue weighted by Crippen LogP contribution is -2.28. The third-order valence-corrected chi connectivity index (χ3v) is 4.75. The zero-order chi connectivity index (χ0) is 11.6. The second kappa shape index (κ2) is 3.00. The Morgan fingerprint density at radius 1 is 1.18 bits per heavy atom. The van der Waals surface area contributed by atoms with Gasteiger partial charge in [0.1, 0.15) is 0 Å². The highest BCUT2D eigenvalue weighted by Crippen LogP contribution is 2.66. The Morgan fingerprint density at radius 3 is 2.53 bits per heavy atom. The zero-order valence-corrected chi connectivity index (χ0v) is 9.27. The zero-order valence-electron chi connectivity index (χ0n) is 9.27. The van der Waals surface area contributed by atoms with Crippen molar-refractivity contribution in [2.24, 2.45) is 23.7 Å². The molecule has 0 aliphatic heterocycles. The van der Waals surface area contributed by atoms with Crippen molar-refractivity contribution in [2.75, 3.05) is 5.32 Å². The van der Waals surface area contributed by atoms with Gasteiger partial charge in [-0.25, -0.2) is 9.89 Å². The number of nitrogens with zero attached hydrogens (tertiary/aromatic N) is 1. The second-order valence-electron chi connectivity index (χ2n) is 5.51. The van der Waals surface area contributed by atoms with Crippen LogP contribution in [0.2, 0.25) is 0 Å². The number of hydrogen-bond donors (Lipinski definition) is 3. The first-order valence-corrected chi connectivity index (χ1v) is 6.19. The average molecular weight is 234 g/mol. The van der Waals surface area contributed by atoms with Crippen molar-refractivity contribution in [3.05, 3.63) is 20.8 Å². The van der Waals surface area contributed by atoms with Crippen LogP contribution in [0.3, 0.4) is 0 Å². The van der Waals surface area contributed by atoms with E-state index in [1.165, 1.54) is 19.3 Å². The molecule has 0 aromatic carbocycles. The summed E-state index contributed by atoms with van der Waals surface area (Å²) in [5, 5.41) is 9.21. The molecule has 1 aromatic heterocycles. The topological polar surface area (TPSA) is 90.6 Å². The molecule has 0 radical (unpaired) electrons. The monoisotopic (exact) mass is 234 g/mol. The summed E-state index contributed by atoms with van der Waals surface area (Å²) in [6, 6.07) is 0.403. The predicted octanol–water partition coefficient (Wildman–Crippen LogP) is -0.0854. The average Bonchev–Trinajstić information content (AvgIpc) is 2.70. The van der Waals surface area contributed by atoms with Crippen LogP contribution in [0.5, 0.6) is 0 Å². The number of fused-ring (bicyclic) bond motifs is 5. The second-order valence-corrected chi connectivity index (χ2v) is 5.51. The highest BCUT2D eigenvalue weighted by molar-refractivity contribution is 5.37. The highest BCUT2D eigenvalue weighted by Gasteiger charge is 2.65. The summed E-state index contributed by atoms with van der Waals surface area (Å²) in [6.07, 6.45) is 4.07. The van der Waals surface area contributed by atoms with Crippen molar-refractivity contribution in [1.82, 2.24) is 15.2 Å². The number of H-pyrrole nitrogens is 2. The third kappa shape index (κ3) is 1.23. The molecule has 4 atom stereocenters. The van der Waals surface area contributed by atoms with Crippen LogP contribution >= 0.6 is 0 Å². The highest BCUT2D eigenvalue weighted by atomic mass is 16.2. The molecule has 3 fully saturated rings. The lowest BCUT2D eigenvalue weighted by atomic mass is 10.0. The van der Waals surface area contributed by atoms with E-state index < -0.39 is 11.2 Å². The summed E-state index contributed by atoms with van der Waals surface area (Å²) in [6.45, 7) is 0. The quantitative estimate of drug-likeness (QED) is 0.667. The van der Waals surface area contributed by atoms with Crippen LogP contribution in [0, 0.1) is 23.7 Å². The fraction of sp³-hybridized carbons (Fsp3) is 0.727. The summed E-state index contributed by atoms with van der Waals surface area (Å²) in [5.74, 6) is 3.43. The van der Waals surface area contributed by atoms with Gasteiger partial charge in [0.05, 0.1) is 0 Å². The van der Waals surface area contributed by atoms with Gasteiger partial charge in [-0.15, -0.1) is 5.10 Å². The maximum Gasteiger partial charge on any atom is 0.342 e. The van der Waals surface area contributed by atoms with Crippen LogP contribution in [0.15, 0.2) is 9.59 Å². The third-order valence-electron chi connectivity index (χ3n) is 4.75. The molecular formula is C11H14N4O2. The fourth-order valence-electron chi connectivity index (χ4n) is 4.12. The number of rotatable bonds is 2. The molecule has 3 N–H and O–H groups in total. The van der Waals surface area contributed by atoms with E-state index in [4.69, 9.17) is 0 Å². The first-order valence-electron chi connectivity index (χ1n) is 6.19. The van der Waals surface area contributed by atoms with Crippen LogP contribution in [-0.4, -0.2) is 21.2 Å². The standard InChI is InChI=1S/C11H14N4O2/c16-10-9(14-15-11(17)13-10)12-8-6-4-1-2-5(3-4)7(6)8/h4-8H,1-3H2,(H,12,14)(H2,13,15,16,17). The van der Waals surface area contributed by atoms with E-state index in [-0.39, 0.29) is 5.82 Å². The number of nitrogens with one attached hydrogen (secondary N) is 3. The lowest BCUT2D eigenvalue weighted by Gasteiger charge is -2.09. The van der Waals surface area contributed by atoms with E-state index in [1.54, 1.807) is 0 Å². The minimum absolute atomic E-state index is 0.253. The van der Waals surface area contributed by atoms with Crippen molar-refractivity contribution in [3.8, 4) is 0 Å². The molecule has 17 heavy (non-hydrogen) atoms. The lowest BCUT2D eigenvalue weighted by molar-refractivity contribution is 0.456. The largest absolute Gasteiger partial charge is 0.361 e. The van der Waals surface area contributed by atoms with E-state index in [0.717, 1.165) is 23.7 Å². The SMILES string of the molecule is O=c1[nH]nc(NC2C3C4CCC(C4)C23)c(=O)[nH]1. The smallest absolute Gasteiger partial charge is 0.342 e. The van der Waals surface area contributed by atoms with E-state index in [1.807, 2.05) is 0 Å². The Morgan fingerprint density at radius 2 is 1.88 bits per heavy atom. The molecule has 90 valence electrons. The molecule has 3 aliphatic carbocycles. The van der Waals surface area contributed by atoms with Crippen molar-refractivity contribution in [3.63, 3.8) is 0 Å². The van der Waals surface area contributed by atoms with Crippen LogP contribution in [0.4, 0.5) is 5.82 Å². The molecular weight excluding hydrogens is 220 g/mol. The Labute approximate surface area is 96.8 Å². The van der Waals surface area contributed by atoms with Gasteiger partial charge < -0.3 is 5.32 Å². The first kappa shape index (κ1) is 9.44. The van der Waals surface area contributed by atoms with Gasteiger partial charge in [0, 0.05) is 6.04 Å². The molecule has 1 aromatic rings. The number of hydrogen-bond acceptors (Lipinski definition) is 4. The summed E-state index contributed by atoms with van der Waals surface area (Å²) in [7, 11) is 0. The molecule has 0 amide bonds. The summed E-state index contributed by atoms with van der Waals surface area (Å²) >= 11 is 0.